The third kappa shape index (κ3) is 4.39. The standard InChI is InChI=1S/C22H25N3O2S/c1-12(2)27-19-7-6-16(22(23)26)9-17(19)10-20-25-18(11-28-20)21-13(3)8-14(4)24-15(21)5/h6-9,11-12H,10H2,1-5H3,(H2,23,26). The molecule has 0 atom stereocenters. The van der Waals surface area contributed by atoms with Gasteiger partial charge in [0.2, 0.25) is 5.91 Å². The fourth-order valence-corrected chi connectivity index (χ4v) is 4.13. The van der Waals surface area contributed by atoms with Crippen LogP contribution in [0.25, 0.3) is 11.3 Å². The first-order valence-corrected chi connectivity index (χ1v) is 10.1. The summed E-state index contributed by atoms with van der Waals surface area (Å²) < 4.78 is 5.91. The number of primary amides is 1. The first-order chi connectivity index (χ1) is 13.2. The summed E-state index contributed by atoms with van der Waals surface area (Å²) in [4.78, 5) is 21.0. The quantitative estimate of drug-likeness (QED) is 0.661. The lowest BCUT2D eigenvalue weighted by molar-refractivity contribution is 0.1000. The number of nitrogens with zero attached hydrogens (tertiary/aromatic N) is 2. The molecule has 0 aliphatic heterocycles. The Morgan fingerprint density at radius 1 is 1.18 bits per heavy atom. The monoisotopic (exact) mass is 395 g/mol. The molecule has 0 bridgehead atoms. The Kier molecular flexibility index (Phi) is 5.79. The van der Waals surface area contributed by atoms with Crippen LogP contribution < -0.4 is 10.5 Å². The number of hydrogen-bond donors (Lipinski definition) is 1. The van der Waals surface area contributed by atoms with Crippen molar-refractivity contribution >= 4 is 17.2 Å². The number of aromatic nitrogens is 2. The smallest absolute Gasteiger partial charge is 0.248 e. The number of thiazole rings is 1. The molecule has 6 heteroatoms. The van der Waals surface area contributed by atoms with Gasteiger partial charge in [-0.05, 0) is 64.4 Å². The van der Waals surface area contributed by atoms with E-state index in [4.69, 9.17) is 15.5 Å². The van der Waals surface area contributed by atoms with Crippen LogP contribution in [0.3, 0.4) is 0 Å². The van der Waals surface area contributed by atoms with Crippen LogP contribution in [0.1, 0.15) is 51.7 Å². The van der Waals surface area contributed by atoms with E-state index in [1.807, 2.05) is 33.8 Å². The van der Waals surface area contributed by atoms with Gasteiger partial charge in [-0.3, -0.25) is 9.78 Å². The molecule has 2 aromatic heterocycles. The zero-order valence-corrected chi connectivity index (χ0v) is 17.7. The summed E-state index contributed by atoms with van der Waals surface area (Å²) in [6.45, 7) is 10.0. The van der Waals surface area contributed by atoms with Crippen molar-refractivity contribution in [1.29, 1.82) is 0 Å². The first-order valence-electron chi connectivity index (χ1n) is 9.23. The van der Waals surface area contributed by atoms with Crippen molar-refractivity contribution in [3.63, 3.8) is 0 Å². The number of rotatable bonds is 6. The van der Waals surface area contributed by atoms with Gasteiger partial charge in [0, 0.05) is 39.9 Å². The van der Waals surface area contributed by atoms with Crippen molar-refractivity contribution < 1.29 is 9.53 Å². The van der Waals surface area contributed by atoms with E-state index in [2.05, 4.69) is 23.4 Å². The Morgan fingerprint density at radius 3 is 2.57 bits per heavy atom. The lowest BCUT2D eigenvalue weighted by Gasteiger charge is -2.14. The van der Waals surface area contributed by atoms with E-state index in [9.17, 15) is 4.79 Å². The number of carbonyl (C=O) groups is 1. The Bertz CT molecular complexity index is 1000. The van der Waals surface area contributed by atoms with Gasteiger partial charge in [-0.2, -0.15) is 0 Å². The Hall–Kier alpha value is -2.73. The van der Waals surface area contributed by atoms with Gasteiger partial charge in [-0.15, -0.1) is 11.3 Å². The largest absolute Gasteiger partial charge is 0.491 e. The van der Waals surface area contributed by atoms with Crippen molar-refractivity contribution in [2.45, 2.75) is 47.1 Å². The van der Waals surface area contributed by atoms with Crippen molar-refractivity contribution in [2.75, 3.05) is 0 Å². The molecule has 0 fully saturated rings. The van der Waals surface area contributed by atoms with Crippen LogP contribution in [0.2, 0.25) is 0 Å². The molecule has 3 rings (SSSR count). The molecular weight excluding hydrogens is 370 g/mol. The number of benzene rings is 1. The molecule has 3 aromatic rings. The molecule has 0 radical (unpaired) electrons. The second-order valence-electron chi connectivity index (χ2n) is 7.20. The van der Waals surface area contributed by atoms with E-state index < -0.39 is 5.91 Å². The molecule has 0 aliphatic rings. The predicted molar refractivity (Wildman–Crippen MR) is 113 cm³/mol. The minimum Gasteiger partial charge on any atom is -0.491 e. The summed E-state index contributed by atoms with van der Waals surface area (Å²) >= 11 is 1.59. The van der Waals surface area contributed by atoms with Crippen LogP contribution in [0.5, 0.6) is 5.75 Å². The fourth-order valence-electron chi connectivity index (χ4n) is 3.32. The van der Waals surface area contributed by atoms with Gasteiger partial charge in [0.25, 0.3) is 0 Å². The second-order valence-corrected chi connectivity index (χ2v) is 8.14. The normalized spacial score (nSPS) is 11.1. The van der Waals surface area contributed by atoms with Gasteiger partial charge in [-0.1, -0.05) is 0 Å². The highest BCUT2D eigenvalue weighted by Gasteiger charge is 2.15. The van der Waals surface area contributed by atoms with Gasteiger partial charge >= 0.3 is 0 Å². The number of aryl methyl sites for hydroxylation is 3. The van der Waals surface area contributed by atoms with Gasteiger partial charge in [-0.25, -0.2) is 4.98 Å². The van der Waals surface area contributed by atoms with E-state index in [1.54, 1.807) is 23.5 Å². The molecule has 1 aromatic carbocycles. The zero-order chi connectivity index (χ0) is 20.4. The molecule has 28 heavy (non-hydrogen) atoms. The third-order valence-corrected chi connectivity index (χ3v) is 5.23. The minimum absolute atomic E-state index is 0.0361. The molecule has 0 aliphatic carbocycles. The van der Waals surface area contributed by atoms with E-state index in [0.29, 0.717) is 12.0 Å². The van der Waals surface area contributed by atoms with Crippen molar-refractivity contribution in [3.05, 3.63) is 62.7 Å². The maximum Gasteiger partial charge on any atom is 0.248 e. The molecule has 0 saturated carbocycles. The Morgan fingerprint density at radius 2 is 1.93 bits per heavy atom. The fraction of sp³-hybridized carbons (Fsp3) is 0.318. The van der Waals surface area contributed by atoms with Gasteiger partial charge < -0.3 is 10.5 Å². The summed E-state index contributed by atoms with van der Waals surface area (Å²) in [5.41, 5.74) is 12.0. The number of ether oxygens (including phenoxy) is 1. The summed E-state index contributed by atoms with van der Waals surface area (Å²) in [5.74, 6) is 0.301. The molecule has 2 heterocycles. The Labute approximate surface area is 169 Å². The van der Waals surface area contributed by atoms with Crippen LogP contribution >= 0.6 is 11.3 Å². The van der Waals surface area contributed by atoms with Gasteiger partial charge in [0.15, 0.2) is 0 Å². The van der Waals surface area contributed by atoms with Crippen LogP contribution in [-0.2, 0) is 6.42 Å². The van der Waals surface area contributed by atoms with E-state index in [1.165, 1.54) is 5.56 Å². The lowest BCUT2D eigenvalue weighted by Crippen LogP contribution is -2.13. The zero-order valence-electron chi connectivity index (χ0n) is 16.9. The second kappa shape index (κ2) is 8.10. The first kappa shape index (κ1) is 20.0. The summed E-state index contributed by atoms with van der Waals surface area (Å²) in [7, 11) is 0. The van der Waals surface area contributed by atoms with Crippen molar-refractivity contribution in [2.24, 2.45) is 5.73 Å². The van der Waals surface area contributed by atoms with E-state index >= 15 is 0 Å². The number of hydrogen-bond acceptors (Lipinski definition) is 5. The molecule has 1 amide bonds. The molecule has 5 nitrogen and oxygen atoms in total. The molecule has 0 spiro atoms. The third-order valence-electron chi connectivity index (χ3n) is 4.38. The SMILES string of the molecule is Cc1cc(C)c(-c2csc(Cc3cc(C(N)=O)ccc3OC(C)C)n2)c(C)n1. The number of nitrogens with two attached hydrogens (primary N) is 1. The molecule has 2 N–H and O–H groups in total. The minimum atomic E-state index is -0.450. The maximum absolute atomic E-state index is 11.6. The summed E-state index contributed by atoms with van der Waals surface area (Å²) in [5, 5.41) is 3.01. The average molecular weight is 396 g/mol. The highest BCUT2D eigenvalue weighted by atomic mass is 32.1. The molecule has 0 unspecified atom stereocenters. The highest BCUT2D eigenvalue weighted by Crippen LogP contribution is 2.30. The van der Waals surface area contributed by atoms with Crippen LogP contribution in [-0.4, -0.2) is 22.0 Å². The van der Waals surface area contributed by atoms with Crippen molar-refractivity contribution in [1.82, 2.24) is 9.97 Å². The number of pyridine rings is 1. The lowest BCUT2D eigenvalue weighted by atomic mass is 10.0. The van der Waals surface area contributed by atoms with Crippen LogP contribution in [0.15, 0.2) is 29.6 Å². The van der Waals surface area contributed by atoms with Crippen LogP contribution in [0, 0.1) is 20.8 Å². The predicted octanol–water partition coefficient (Wildman–Crippen LogP) is 4.61. The maximum atomic E-state index is 11.6. The highest BCUT2D eigenvalue weighted by molar-refractivity contribution is 7.10. The number of carbonyl (C=O) groups excluding carboxylic acids is 1. The van der Waals surface area contributed by atoms with Crippen molar-refractivity contribution in [3.8, 4) is 17.0 Å². The Balaban J connectivity index is 1.95. The van der Waals surface area contributed by atoms with Crippen LogP contribution in [0.4, 0.5) is 0 Å². The molecular formula is C22H25N3O2S. The van der Waals surface area contributed by atoms with E-state index in [0.717, 1.165) is 39.0 Å². The summed E-state index contributed by atoms with van der Waals surface area (Å²) in [6.07, 6.45) is 0.611. The topological polar surface area (TPSA) is 78.1 Å². The average Bonchev–Trinajstić information content (AvgIpc) is 3.03. The number of amides is 1. The van der Waals surface area contributed by atoms with E-state index in [-0.39, 0.29) is 6.10 Å². The molecule has 146 valence electrons. The molecule has 0 saturated heterocycles. The van der Waals surface area contributed by atoms with Gasteiger partial charge in [0.05, 0.1) is 16.8 Å². The van der Waals surface area contributed by atoms with Gasteiger partial charge in [0.1, 0.15) is 5.75 Å². The summed E-state index contributed by atoms with van der Waals surface area (Å²) in [6, 6.07) is 7.38.